The van der Waals surface area contributed by atoms with E-state index in [9.17, 15) is 9.59 Å². The number of ether oxygens (including phenoxy) is 1. The monoisotopic (exact) mass is 317 g/mol. The number of anilines is 2. The van der Waals surface area contributed by atoms with Crippen LogP contribution < -0.4 is 15.4 Å². The Balaban J connectivity index is 1.82. The Bertz CT molecular complexity index is 767. The third-order valence-electron chi connectivity index (χ3n) is 3.25. The molecule has 0 bridgehead atoms. The third-order valence-corrected chi connectivity index (χ3v) is 4.02. The molecule has 2 N–H and O–H groups in total. The number of thiazole rings is 1. The average Bonchev–Trinajstić information content (AvgIpc) is 2.87. The second kappa shape index (κ2) is 5.10. The van der Waals surface area contributed by atoms with Gasteiger partial charge in [-0.1, -0.05) is 0 Å². The molecule has 0 fully saturated rings. The average molecular weight is 317 g/mol. The Labute approximate surface area is 131 Å². The van der Waals surface area contributed by atoms with E-state index in [1.807, 2.05) is 6.92 Å². The van der Waals surface area contributed by atoms with Gasteiger partial charge in [-0.3, -0.25) is 9.59 Å². The van der Waals surface area contributed by atoms with E-state index < -0.39 is 5.60 Å². The molecule has 7 heteroatoms. The maximum absolute atomic E-state index is 12.1. The second-order valence-corrected chi connectivity index (χ2v) is 6.55. The summed E-state index contributed by atoms with van der Waals surface area (Å²) >= 11 is 1.42. The molecule has 0 radical (unpaired) electrons. The van der Waals surface area contributed by atoms with Crippen LogP contribution in [0.1, 0.15) is 29.3 Å². The van der Waals surface area contributed by atoms with Gasteiger partial charge in [0.05, 0.1) is 10.7 Å². The van der Waals surface area contributed by atoms with Crippen LogP contribution in [-0.4, -0.2) is 22.4 Å². The van der Waals surface area contributed by atoms with E-state index in [4.69, 9.17) is 4.74 Å². The summed E-state index contributed by atoms with van der Waals surface area (Å²) in [5, 5.41) is 8.10. The van der Waals surface area contributed by atoms with E-state index in [0.29, 0.717) is 22.8 Å². The van der Waals surface area contributed by atoms with Crippen LogP contribution in [0.15, 0.2) is 23.6 Å². The number of benzene rings is 1. The number of fused-ring (bicyclic) bond motifs is 1. The Hall–Kier alpha value is -2.41. The molecule has 0 saturated carbocycles. The molecular weight excluding hydrogens is 302 g/mol. The maximum atomic E-state index is 12.1. The highest BCUT2D eigenvalue weighted by Crippen LogP contribution is 2.35. The first-order valence-corrected chi connectivity index (χ1v) is 7.61. The van der Waals surface area contributed by atoms with Gasteiger partial charge in [0.25, 0.3) is 11.8 Å². The first-order chi connectivity index (χ1) is 10.3. The van der Waals surface area contributed by atoms with Crippen molar-refractivity contribution in [1.82, 2.24) is 4.98 Å². The van der Waals surface area contributed by atoms with Crippen molar-refractivity contribution in [2.24, 2.45) is 0 Å². The first-order valence-electron chi connectivity index (χ1n) is 6.73. The zero-order valence-electron chi connectivity index (χ0n) is 12.4. The number of carbonyl (C=O) groups excluding carboxylic acids is 2. The predicted octanol–water partition coefficient (Wildman–Crippen LogP) is 2.81. The Kier molecular flexibility index (Phi) is 3.37. The smallest absolute Gasteiger partial charge is 0.275 e. The lowest BCUT2D eigenvalue weighted by molar-refractivity contribution is -0.129. The molecule has 0 unspecified atom stereocenters. The molecule has 2 heterocycles. The highest BCUT2D eigenvalue weighted by molar-refractivity contribution is 7.09. The minimum absolute atomic E-state index is 0.199. The lowest BCUT2D eigenvalue weighted by Gasteiger charge is -2.31. The summed E-state index contributed by atoms with van der Waals surface area (Å²) in [5.41, 5.74) is 0.615. The van der Waals surface area contributed by atoms with Gasteiger partial charge in [-0.25, -0.2) is 4.98 Å². The van der Waals surface area contributed by atoms with Crippen LogP contribution in [0.5, 0.6) is 5.75 Å². The number of rotatable bonds is 2. The number of carbonyl (C=O) groups is 2. The van der Waals surface area contributed by atoms with Crippen molar-refractivity contribution < 1.29 is 14.3 Å². The number of hydrogen-bond donors (Lipinski definition) is 2. The molecule has 2 aromatic rings. The molecule has 1 aliphatic heterocycles. The summed E-state index contributed by atoms with van der Waals surface area (Å²) in [6.07, 6.45) is 0. The van der Waals surface area contributed by atoms with Crippen LogP contribution in [0, 0.1) is 6.92 Å². The summed E-state index contributed by atoms with van der Waals surface area (Å²) in [4.78, 5) is 28.1. The number of nitrogens with one attached hydrogen (secondary N) is 2. The molecule has 3 rings (SSSR count). The predicted molar refractivity (Wildman–Crippen MR) is 84.6 cm³/mol. The molecule has 1 aromatic heterocycles. The van der Waals surface area contributed by atoms with Crippen LogP contribution >= 0.6 is 11.3 Å². The molecule has 0 aliphatic carbocycles. The zero-order chi connectivity index (χ0) is 15.9. The van der Waals surface area contributed by atoms with Crippen LogP contribution in [0.25, 0.3) is 0 Å². The minimum Gasteiger partial charge on any atom is -0.476 e. The fraction of sp³-hybridized carbons (Fsp3) is 0.267. The number of aromatic nitrogens is 1. The summed E-state index contributed by atoms with van der Waals surface area (Å²) in [6.45, 7) is 5.22. The largest absolute Gasteiger partial charge is 0.476 e. The normalized spacial score (nSPS) is 15.5. The maximum Gasteiger partial charge on any atom is 0.275 e. The highest BCUT2D eigenvalue weighted by atomic mass is 32.1. The molecule has 0 spiro atoms. The van der Waals surface area contributed by atoms with Gasteiger partial charge in [0.1, 0.15) is 11.4 Å². The molecule has 6 nitrogen and oxygen atoms in total. The summed E-state index contributed by atoms with van der Waals surface area (Å²) in [5.74, 6) is 0.0509. The van der Waals surface area contributed by atoms with Gasteiger partial charge in [-0.15, -0.1) is 11.3 Å². The van der Waals surface area contributed by atoms with E-state index in [-0.39, 0.29) is 11.8 Å². The molecule has 0 atom stereocenters. The van der Waals surface area contributed by atoms with Crippen molar-refractivity contribution in [2.75, 3.05) is 10.6 Å². The van der Waals surface area contributed by atoms with Crippen LogP contribution in [0.2, 0.25) is 0 Å². The molecule has 0 saturated heterocycles. The van der Waals surface area contributed by atoms with E-state index >= 15 is 0 Å². The Morgan fingerprint density at radius 1 is 1.41 bits per heavy atom. The van der Waals surface area contributed by atoms with Gasteiger partial charge in [-0.05, 0) is 32.9 Å². The third kappa shape index (κ3) is 2.67. The molecule has 22 heavy (non-hydrogen) atoms. The van der Waals surface area contributed by atoms with E-state index in [1.54, 1.807) is 37.4 Å². The fourth-order valence-corrected chi connectivity index (χ4v) is 2.64. The second-order valence-electron chi connectivity index (χ2n) is 5.48. The van der Waals surface area contributed by atoms with Crippen molar-refractivity contribution in [3.8, 4) is 5.75 Å². The number of aryl methyl sites for hydroxylation is 1. The van der Waals surface area contributed by atoms with Gasteiger partial charge in [0.15, 0.2) is 5.60 Å². The van der Waals surface area contributed by atoms with E-state index in [0.717, 1.165) is 5.01 Å². The fourth-order valence-electron chi connectivity index (χ4n) is 2.04. The lowest BCUT2D eigenvalue weighted by atomic mass is 10.1. The van der Waals surface area contributed by atoms with E-state index in [1.165, 1.54) is 11.3 Å². The van der Waals surface area contributed by atoms with Crippen LogP contribution in [-0.2, 0) is 4.79 Å². The van der Waals surface area contributed by atoms with Crippen molar-refractivity contribution in [1.29, 1.82) is 0 Å². The Morgan fingerprint density at radius 2 is 2.18 bits per heavy atom. The number of amides is 2. The highest BCUT2D eigenvalue weighted by Gasteiger charge is 2.35. The lowest BCUT2D eigenvalue weighted by Crippen LogP contribution is -2.45. The van der Waals surface area contributed by atoms with Gasteiger partial charge in [0.2, 0.25) is 0 Å². The minimum atomic E-state index is -0.943. The summed E-state index contributed by atoms with van der Waals surface area (Å²) in [7, 11) is 0. The summed E-state index contributed by atoms with van der Waals surface area (Å²) < 4.78 is 5.69. The van der Waals surface area contributed by atoms with Crippen molar-refractivity contribution in [2.45, 2.75) is 26.4 Å². The van der Waals surface area contributed by atoms with Crippen LogP contribution in [0.4, 0.5) is 11.4 Å². The van der Waals surface area contributed by atoms with Gasteiger partial charge >= 0.3 is 0 Å². The SMILES string of the molecule is Cc1nc(C(=O)Nc2ccc3c(c2)OC(C)(C)C(=O)N3)cs1. The molecule has 1 aromatic carbocycles. The molecular formula is C15H15N3O3S. The van der Waals surface area contributed by atoms with Crippen molar-refractivity contribution in [3.05, 3.63) is 34.3 Å². The van der Waals surface area contributed by atoms with Crippen LogP contribution in [0.3, 0.4) is 0 Å². The summed E-state index contributed by atoms with van der Waals surface area (Å²) in [6, 6.07) is 5.09. The zero-order valence-corrected chi connectivity index (χ0v) is 13.2. The number of hydrogen-bond acceptors (Lipinski definition) is 5. The molecule has 2 amide bonds. The topological polar surface area (TPSA) is 80.3 Å². The quantitative estimate of drug-likeness (QED) is 0.892. The van der Waals surface area contributed by atoms with Gasteiger partial charge < -0.3 is 15.4 Å². The molecule has 1 aliphatic rings. The molecule has 114 valence electrons. The van der Waals surface area contributed by atoms with Crippen molar-refractivity contribution in [3.63, 3.8) is 0 Å². The van der Waals surface area contributed by atoms with Gasteiger partial charge in [-0.2, -0.15) is 0 Å². The first kappa shape index (κ1) is 14.5. The Morgan fingerprint density at radius 3 is 2.86 bits per heavy atom. The standard InChI is InChI=1S/C15H15N3O3S/c1-8-16-11(7-22-8)13(19)17-9-4-5-10-12(6-9)21-15(2,3)14(20)18-10/h4-7H,1-3H3,(H,17,19)(H,18,20). The number of nitrogens with zero attached hydrogens (tertiary/aromatic N) is 1. The van der Waals surface area contributed by atoms with Crippen molar-refractivity contribution >= 4 is 34.5 Å². The van der Waals surface area contributed by atoms with E-state index in [2.05, 4.69) is 15.6 Å². The van der Waals surface area contributed by atoms with Gasteiger partial charge in [0, 0.05) is 17.1 Å².